The number of H-pyrrole nitrogens is 1. The Balaban J connectivity index is 1.68. The number of aromatic amines is 1. The highest BCUT2D eigenvalue weighted by Crippen LogP contribution is 2.42. The van der Waals surface area contributed by atoms with Crippen LogP contribution >= 0.6 is 11.8 Å². The van der Waals surface area contributed by atoms with Crippen LogP contribution in [0.25, 0.3) is 10.9 Å². The normalized spacial score (nSPS) is 20.3. The summed E-state index contributed by atoms with van der Waals surface area (Å²) >= 11 is 1.88. The Morgan fingerprint density at radius 2 is 2.17 bits per heavy atom. The first kappa shape index (κ1) is 21.0. The number of nitrogens with zero attached hydrogens (tertiary/aromatic N) is 2. The molecule has 1 aliphatic rings. The number of rotatable bonds is 6. The summed E-state index contributed by atoms with van der Waals surface area (Å²) in [5.74, 6) is 2.91. The minimum atomic E-state index is 0.472. The van der Waals surface area contributed by atoms with E-state index in [1.165, 1.54) is 0 Å². The quantitative estimate of drug-likeness (QED) is 0.509. The largest absolute Gasteiger partial charge is 0.496 e. The van der Waals surface area contributed by atoms with E-state index in [0.29, 0.717) is 17.1 Å². The maximum Gasteiger partial charge on any atom is 0.155 e. The van der Waals surface area contributed by atoms with Crippen LogP contribution in [-0.2, 0) is 4.74 Å². The van der Waals surface area contributed by atoms with Crippen molar-refractivity contribution in [2.45, 2.75) is 44.3 Å². The molecule has 3 unspecified atom stereocenters. The average molecular weight is 427 g/mol. The molecule has 0 bridgehead atoms. The Kier molecular flexibility index (Phi) is 6.20. The van der Waals surface area contributed by atoms with Crippen molar-refractivity contribution in [2.75, 3.05) is 25.6 Å². The summed E-state index contributed by atoms with van der Waals surface area (Å²) in [5.41, 5.74) is 4.07. The van der Waals surface area contributed by atoms with Crippen LogP contribution in [0.2, 0.25) is 0 Å². The Hall–Kier alpha value is -2.25. The van der Waals surface area contributed by atoms with E-state index >= 15 is 0 Å². The molecule has 0 saturated carbocycles. The number of methoxy groups -OCH3 is 1. The molecule has 3 atom stereocenters. The molecular weight excluding hydrogens is 396 g/mol. The van der Waals surface area contributed by atoms with E-state index in [9.17, 15) is 0 Å². The molecule has 1 saturated heterocycles. The summed E-state index contributed by atoms with van der Waals surface area (Å²) in [6.45, 7) is 10.4. The molecule has 0 spiro atoms. The smallest absolute Gasteiger partial charge is 0.155 e. The molecule has 4 rings (SSSR count). The minimum Gasteiger partial charge on any atom is -0.496 e. The molecule has 2 N–H and O–H groups in total. The van der Waals surface area contributed by atoms with Gasteiger partial charge in [-0.25, -0.2) is 0 Å². The number of anilines is 2. The topological polar surface area (TPSA) is 72.1 Å². The maximum atomic E-state index is 5.73. The highest BCUT2D eigenvalue weighted by Gasteiger charge is 2.28. The number of nitrogens with one attached hydrogen (secondary N) is 2. The summed E-state index contributed by atoms with van der Waals surface area (Å²) < 4.78 is 11.4. The van der Waals surface area contributed by atoms with Gasteiger partial charge >= 0.3 is 0 Å². The lowest BCUT2D eigenvalue weighted by Crippen LogP contribution is -2.31. The van der Waals surface area contributed by atoms with Crippen molar-refractivity contribution in [1.29, 1.82) is 0 Å². The third-order valence-corrected chi connectivity index (χ3v) is 7.45. The van der Waals surface area contributed by atoms with Gasteiger partial charge in [-0.3, -0.25) is 10.1 Å². The minimum absolute atomic E-state index is 0.472. The molecular formula is C23H30N4O2S. The number of fused-ring (bicyclic) bond motifs is 1. The van der Waals surface area contributed by atoms with Gasteiger partial charge in [-0.1, -0.05) is 13.8 Å². The number of hydrogen-bond acceptors (Lipinski definition) is 6. The fraction of sp³-hybridized carbons (Fsp3) is 0.478. The van der Waals surface area contributed by atoms with Crippen molar-refractivity contribution in [1.82, 2.24) is 15.2 Å². The van der Waals surface area contributed by atoms with Crippen LogP contribution in [0.5, 0.6) is 5.75 Å². The predicted molar refractivity (Wildman–Crippen MR) is 123 cm³/mol. The van der Waals surface area contributed by atoms with Crippen molar-refractivity contribution in [3.8, 4) is 5.75 Å². The maximum absolute atomic E-state index is 5.73. The van der Waals surface area contributed by atoms with Crippen LogP contribution < -0.4 is 10.1 Å². The van der Waals surface area contributed by atoms with E-state index < -0.39 is 0 Å². The molecule has 2 aromatic heterocycles. The van der Waals surface area contributed by atoms with Gasteiger partial charge in [0.1, 0.15) is 5.75 Å². The van der Waals surface area contributed by atoms with Crippen LogP contribution in [0.4, 0.5) is 11.5 Å². The van der Waals surface area contributed by atoms with Crippen LogP contribution in [0.3, 0.4) is 0 Å². The van der Waals surface area contributed by atoms with Gasteiger partial charge in [0.15, 0.2) is 5.82 Å². The lowest BCUT2D eigenvalue weighted by molar-refractivity contribution is 0.0250. The second-order valence-corrected chi connectivity index (χ2v) is 9.57. The summed E-state index contributed by atoms with van der Waals surface area (Å²) in [4.78, 5) is 5.71. The molecule has 0 radical (unpaired) electrons. The first-order valence-corrected chi connectivity index (χ1v) is 11.4. The molecule has 30 heavy (non-hydrogen) atoms. The van der Waals surface area contributed by atoms with Crippen LogP contribution in [0, 0.1) is 25.7 Å². The molecule has 1 aliphatic heterocycles. The van der Waals surface area contributed by atoms with Gasteiger partial charge in [-0.2, -0.15) is 5.10 Å². The van der Waals surface area contributed by atoms with Gasteiger partial charge in [0.25, 0.3) is 0 Å². The van der Waals surface area contributed by atoms with Crippen molar-refractivity contribution >= 4 is 34.2 Å². The fourth-order valence-corrected chi connectivity index (χ4v) is 5.55. The number of ether oxygens (including phenoxy) is 2. The van der Waals surface area contributed by atoms with Gasteiger partial charge in [0.2, 0.25) is 0 Å². The summed E-state index contributed by atoms with van der Waals surface area (Å²) in [6, 6.07) is 6.23. The Morgan fingerprint density at radius 3 is 2.87 bits per heavy atom. The van der Waals surface area contributed by atoms with Crippen molar-refractivity contribution in [2.24, 2.45) is 11.8 Å². The molecule has 3 heterocycles. The molecule has 160 valence electrons. The number of thioether (sulfide) groups is 1. The molecule has 3 aromatic rings. The third kappa shape index (κ3) is 4.14. The Bertz CT molecular complexity index is 1040. The average Bonchev–Trinajstić information content (AvgIpc) is 3.06. The first-order chi connectivity index (χ1) is 14.5. The molecule has 1 fully saturated rings. The van der Waals surface area contributed by atoms with E-state index in [-0.39, 0.29) is 0 Å². The van der Waals surface area contributed by atoms with Gasteiger partial charge in [0.05, 0.1) is 23.2 Å². The fourth-order valence-electron chi connectivity index (χ4n) is 4.13. The van der Waals surface area contributed by atoms with Gasteiger partial charge < -0.3 is 14.8 Å². The van der Waals surface area contributed by atoms with E-state index in [1.807, 2.05) is 37.0 Å². The zero-order valence-corrected chi connectivity index (χ0v) is 19.1. The zero-order chi connectivity index (χ0) is 21.3. The number of pyridine rings is 1. The highest BCUT2D eigenvalue weighted by atomic mass is 32.2. The number of hydrogen-bond donors (Lipinski definition) is 2. The number of benzene rings is 1. The van der Waals surface area contributed by atoms with E-state index in [0.717, 1.165) is 63.9 Å². The van der Waals surface area contributed by atoms with Crippen LogP contribution in [0.15, 0.2) is 29.3 Å². The Morgan fingerprint density at radius 1 is 1.33 bits per heavy atom. The standard InChI is InChI=1S/C23H30N4O2S/c1-13-12-29-9-7-17(13)16(4)30-22-10-18-19(25-23-14(2)15(3)26-27-23)6-8-24-20(18)11-21(22)28-5/h6,8,10-11,13,16-17H,7,9,12H2,1-5H3,(H2,24,25,26,27). The van der Waals surface area contributed by atoms with Gasteiger partial charge in [-0.15, -0.1) is 11.8 Å². The summed E-state index contributed by atoms with van der Waals surface area (Å²) in [6.07, 6.45) is 2.93. The van der Waals surface area contributed by atoms with Crippen molar-refractivity contribution in [3.63, 3.8) is 0 Å². The molecule has 0 amide bonds. The lowest BCUT2D eigenvalue weighted by atomic mass is 9.87. The number of aryl methyl sites for hydroxylation is 1. The molecule has 7 heteroatoms. The molecule has 1 aromatic carbocycles. The molecule has 6 nitrogen and oxygen atoms in total. The highest BCUT2D eigenvalue weighted by molar-refractivity contribution is 8.00. The monoisotopic (exact) mass is 426 g/mol. The summed E-state index contributed by atoms with van der Waals surface area (Å²) in [5, 5.41) is 12.4. The van der Waals surface area contributed by atoms with Crippen LogP contribution in [0.1, 0.15) is 31.5 Å². The SMILES string of the molecule is COc1cc2nccc(Nc3n[nH]c(C)c3C)c2cc1SC(C)C1CCOCC1C. The van der Waals surface area contributed by atoms with Crippen molar-refractivity contribution < 1.29 is 9.47 Å². The van der Waals surface area contributed by atoms with Gasteiger partial charge in [-0.05, 0) is 44.2 Å². The van der Waals surface area contributed by atoms with E-state index in [1.54, 1.807) is 7.11 Å². The van der Waals surface area contributed by atoms with Gasteiger partial charge in [0, 0.05) is 47.4 Å². The molecule has 0 aliphatic carbocycles. The lowest BCUT2D eigenvalue weighted by Gasteiger charge is -2.33. The second kappa shape index (κ2) is 8.86. The predicted octanol–water partition coefficient (Wildman–Crippen LogP) is 5.48. The van der Waals surface area contributed by atoms with E-state index in [4.69, 9.17) is 9.47 Å². The summed E-state index contributed by atoms with van der Waals surface area (Å²) in [7, 11) is 1.73. The van der Waals surface area contributed by atoms with Crippen LogP contribution in [-0.4, -0.2) is 40.8 Å². The second-order valence-electron chi connectivity index (χ2n) is 8.15. The first-order valence-electron chi connectivity index (χ1n) is 10.5. The van der Waals surface area contributed by atoms with E-state index in [2.05, 4.69) is 47.3 Å². The number of aromatic nitrogens is 3. The zero-order valence-electron chi connectivity index (χ0n) is 18.3. The van der Waals surface area contributed by atoms with Crippen molar-refractivity contribution in [3.05, 3.63) is 35.7 Å². The Labute approximate surface area is 182 Å². The third-order valence-electron chi connectivity index (χ3n) is 6.16.